The molecule has 0 aliphatic heterocycles. The SMILES string of the molecule is Cc1ccc(-n2nnc(-c3nnc(-c4ccco4)o3)c2C)cc1. The summed E-state index contributed by atoms with van der Waals surface area (Å²) in [5.74, 6) is 1.15. The highest BCUT2D eigenvalue weighted by molar-refractivity contribution is 5.54. The first kappa shape index (κ1) is 13.4. The van der Waals surface area contributed by atoms with Crippen LogP contribution >= 0.6 is 0 Å². The van der Waals surface area contributed by atoms with Crippen molar-refractivity contribution in [3.8, 4) is 28.9 Å². The van der Waals surface area contributed by atoms with Gasteiger partial charge in [0.25, 0.3) is 11.8 Å². The first-order chi connectivity index (χ1) is 11.2. The highest BCUT2D eigenvalue weighted by Gasteiger charge is 2.19. The van der Waals surface area contributed by atoms with Gasteiger partial charge >= 0.3 is 0 Å². The van der Waals surface area contributed by atoms with Gasteiger partial charge in [0.15, 0.2) is 11.5 Å². The van der Waals surface area contributed by atoms with E-state index >= 15 is 0 Å². The Kier molecular flexibility index (Phi) is 3.04. The molecule has 4 aromatic rings. The van der Waals surface area contributed by atoms with Crippen molar-refractivity contribution in [2.45, 2.75) is 13.8 Å². The Hall–Kier alpha value is -3.22. The molecule has 23 heavy (non-hydrogen) atoms. The molecule has 0 aliphatic carbocycles. The topological polar surface area (TPSA) is 82.8 Å². The minimum atomic E-state index is 0.312. The largest absolute Gasteiger partial charge is 0.459 e. The zero-order valence-electron chi connectivity index (χ0n) is 12.6. The number of furan rings is 1. The van der Waals surface area contributed by atoms with E-state index in [1.807, 2.05) is 38.1 Å². The van der Waals surface area contributed by atoms with Gasteiger partial charge in [-0.15, -0.1) is 15.3 Å². The molecule has 0 saturated heterocycles. The fraction of sp³-hybridized carbons (Fsp3) is 0.125. The lowest BCUT2D eigenvalue weighted by Gasteiger charge is -2.03. The smallest absolute Gasteiger partial charge is 0.283 e. The summed E-state index contributed by atoms with van der Waals surface area (Å²) < 4.78 is 12.6. The lowest BCUT2D eigenvalue weighted by molar-refractivity contribution is 0.522. The Labute approximate surface area is 131 Å². The molecular weight excluding hydrogens is 294 g/mol. The normalized spacial score (nSPS) is 11.0. The standard InChI is InChI=1S/C16H13N5O2/c1-10-5-7-12(8-6-10)21-11(2)14(17-20-21)16-19-18-15(23-16)13-4-3-9-22-13/h3-9H,1-2H3. The van der Waals surface area contributed by atoms with Gasteiger partial charge in [-0.2, -0.15) is 0 Å². The lowest BCUT2D eigenvalue weighted by atomic mass is 10.2. The van der Waals surface area contributed by atoms with E-state index in [0.29, 0.717) is 23.2 Å². The first-order valence-electron chi connectivity index (χ1n) is 7.09. The molecule has 4 rings (SSSR count). The maximum atomic E-state index is 5.63. The Morgan fingerprint density at radius 3 is 2.43 bits per heavy atom. The minimum Gasteiger partial charge on any atom is -0.459 e. The second-order valence-corrected chi connectivity index (χ2v) is 5.16. The van der Waals surface area contributed by atoms with E-state index in [4.69, 9.17) is 8.83 Å². The second-order valence-electron chi connectivity index (χ2n) is 5.16. The Bertz CT molecular complexity index is 935. The van der Waals surface area contributed by atoms with Crippen molar-refractivity contribution >= 4 is 0 Å². The quantitative estimate of drug-likeness (QED) is 0.578. The van der Waals surface area contributed by atoms with Crippen molar-refractivity contribution in [3.63, 3.8) is 0 Å². The van der Waals surface area contributed by atoms with E-state index < -0.39 is 0 Å². The molecule has 0 N–H and O–H groups in total. The minimum absolute atomic E-state index is 0.312. The van der Waals surface area contributed by atoms with Crippen LogP contribution in [0.2, 0.25) is 0 Å². The van der Waals surface area contributed by atoms with Gasteiger partial charge in [-0.3, -0.25) is 0 Å². The molecular formula is C16H13N5O2. The number of benzene rings is 1. The first-order valence-corrected chi connectivity index (χ1v) is 7.09. The molecule has 0 spiro atoms. The van der Waals surface area contributed by atoms with Crippen LogP contribution in [0.25, 0.3) is 28.9 Å². The van der Waals surface area contributed by atoms with E-state index in [9.17, 15) is 0 Å². The predicted molar refractivity (Wildman–Crippen MR) is 81.8 cm³/mol. The van der Waals surface area contributed by atoms with Crippen molar-refractivity contribution < 1.29 is 8.83 Å². The number of hydrogen-bond acceptors (Lipinski definition) is 6. The fourth-order valence-corrected chi connectivity index (χ4v) is 2.28. The molecule has 7 nitrogen and oxygen atoms in total. The zero-order chi connectivity index (χ0) is 15.8. The van der Waals surface area contributed by atoms with Crippen LogP contribution in [0.5, 0.6) is 0 Å². The van der Waals surface area contributed by atoms with Gasteiger partial charge in [-0.25, -0.2) is 4.68 Å². The summed E-state index contributed by atoms with van der Waals surface area (Å²) in [6.45, 7) is 3.95. The van der Waals surface area contributed by atoms with E-state index in [1.165, 1.54) is 5.56 Å². The molecule has 3 aromatic heterocycles. The van der Waals surface area contributed by atoms with Crippen LogP contribution in [0.4, 0.5) is 0 Å². The van der Waals surface area contributed by atoms with Crippen molar-refractivity contribution in [1.82, 2.24) is 25.2 Å². The summed E-state index contributed by atoms with van der Waals surface area (Å²) in [7, 11) is 0. The number of aryl methyl sites for hydroxylation is 1. The molecule has 3 heterocycles. The van der Waals surface area contributed by atoms with Gasteiger partial charge in [-0.05, 0) is 38.1 Å². The van der Waals surface area contributed by atoms with Crippen LogP contribution in [0, 0.1) is 13.8 Å². The molecule has 0 unspecified atom stereocenters. The average molecular weight is 307 g/mol. The Balaban J connectivity index is 1.72. The monoisotopic (exact) mass is 307 g/mol. The van der Waals surface area contributed by atoms with Crippen molar-refractivity contribution in [1.29, 1.82) is 0 Å². The van der Waals surface area contributed by atoms with Gasteiger partial charge in [0.2, 0.25) is 0 Å². The lowest BCUT2D eigenvalue weighted by Crippen LogP contribution is -1.98. The fourth-order valence-electron chi connectivity index (χ4n) is 2.28. The highest BCUT2D eigenvalue weighted by atomic mass is 16.4. The van der Waals surface area contributed by atoms with E-state index in [0.717, 1.165) is 11.4 Å². The van der Waals surface area contributed by atoms with Gasteiger partial charge in [-0.1, -0.05) is 22.9 Å². The maximum absolute atomic E-state index is 5.63. The number of hydrogen-bond donors (Lipinski definition) is 0. The summed E-state index contributed by atoms with van der Waals surface area (Å²) in [4.78, 5) is 0. The van der Waals surface area contributed by atoms with Crippen LogP contribution in [0.1, 0.15) is 11.3 Å². The molecule has 7 heteroatoms. The van der Waals surface area contributed by atoms with Crippen molar-refractivity contribution in [2.75, 3.05) is 0 Å². The number of aromatic nitrogens is 5. The number of nitrogens with zero attached hydrogens (tertiary/aromatic N) is 5. The second kappa shape index (κ2) is 5.20. The highest BCUT2D eigenvalue weighted by Crippen LogP contribution is 2.25. The zero-order valence-corrected chi connectivity index (χ0v) is 12.6. The predicted octanol–water partition coefficient (Wildman–Crippen LogP) is 3.19. The summed E-state index contributed by atoms with van der Waals surface area (Å²) in [6, 6.07) is 11.5. The maximum Gasteiger partial charge on any atom is 0.283 e. The van der Waals surface area contributed by atoms with Gasteiger partial charge in [0, 0.05) is 0 Å². The average Bonchev–Trinajstić information content (AvgIpc) is 3.27. The summed E-state index contributed by atoms with van der Waals surface area (Å²) >= 11 is 0. The summed E-state index contributed by atoms with van der Waals surface area (Å²) in [5.41, 5.74) is 3.49. The van der Waals surface area contributed by atoms with Crippen LogP contribution in [0.3, 0.4) is 0 Å². The Morgan fingerprint density at radius 2 is 1.70 bits per heavy atom. The van der Waals surface area contributed by atoms with E-state index in [2.05, 4.69) is 20.5 Å². The van der Waals surface area contributed by atoms with E-state index in [-0.39, 0.29) is 0 Å². The molecule has 114 valence electrons. The van der Waals surface area contributed by atoms with Crippen LogP contribution in [0.15, 0.2) is 51.5 Å². The van der Waals surface area contributed by atoms with Crippen LogP contribution in [-0.2, 0) is 0 Å². The van der Waals surface area contributed by atoms with Gasteiger partial charge in [0.1, 0.15) is 0 Å². The molecule has 0 radical (unpaired) electrons. The van der Waals surface area contributed by atoms with Crippen molar-refractivity contribution in [3.05, 3.63) is 53.9 Å². The summed E-state index contributed by atoms with van der Waals surface area (Å²) in [5, 5.41) is 16.4. The third-order valence-electron chi connectivity index (χ3n) is 3.53. The molecule has 0 fully saturated rings. The third-order valence-corrected chi connectivity index (χ3v) is 3.53. The molecule has 0 atom stereocenters. The van der Waals surface area contributed by atoms with Gasteiger partial charge < -0.3 is 8.83 Å². The summed E-state index contributed by atoms with van der Waals surface area (Å²) in [6.07, 6.45) is 1.55. The van der Waals surface area contributed by atoms with E-state index in [1.54, 1.807) is 23.1 Å². The number of rotatable bonds is 3. The third kappa shape index (κ3) is 2.32. The van der Waals surface area contributed by atoms with Crippen LogP contribution < -0.4 is 0 Å². The molecule has 1 aromatic carbocycles. The molecule has 0 aliphatic rings. The molecule has 0 saturated carbocycles. The van der Waals surface area contributed by atoms with Crippen molar-refractivity contribution in [2.24, 2.45) is 0 Å². The van der Waals surface area contributed by atoms with Gasteiger partial charge in [0.05, 0.1) is 17.6 Å². The van der Waals surface area contributed by atoms with Crippen LogP contribution in [-0.4, -0.2) is 25.2 Å². The molecule has 0 bridgehead atoms. The Morgan fingerprint density at radius 1 is 0.913 bits per heavy atom. The molecule has 0 amide bonds.